The van der Waals surface area contributed by atoms with E-state index in [4.69, 9.17) is 4.74 Å². The van der Waals surface area contributed by atoms with Crippen LogP contribution in [-0.2, 0) is 28.4 Å². The second-order valence-electron chi connectivity index (χ2n) is 8.20. The lowest BCUT2D eigenvalue weighted by molar-refractivity contribution is 0.0526. The maximum Gasteiger partial charge on any atom is 0.338 e. The molecule has 4 aromatic rings. The number of hydrogen-bond acceptors (Lipinski definition) is 6. The molecule has 4 rings (SSSR count). The van der Waals surface area contributed by atoms with Crippen LogP contribution in [0.4, 0.5) is 0 Å². The van der Waals surface area contributed by atoms with Crippen LogP contribution in [0.1, 0.15) is 40.1 Å². The van der Waals surface area contributed by atoms with Crippen LogP contribution in [0.5, 0.6) is 0 Å². The molecule has 37 heavy (non-hydrogen) atoms. The smallest absolute Gasteiger partial charge is 0.338 e. The van der Waals surface area contributed by atoms with Gasteiger partial charge >= 0.3 is 5.97 Å². The number of esters is 1. The highest BCUT2D eigenvalue weighted by Crippen LogP contribution is 2.21. The minimum atomic E-state index is -3.74. The summed E-state index contributed by atoms with van der Waals surface area (Å²) in [4.78, 5) is 29.7. The summed E-state index contributed by atoms with van der Waals surface area (Å²) in [5.74, 6) is -0.899. The van der Waals surface area contributed by atoms with Crippen molar-refractivity contribution in [2.75, 3.05) is 13.2 Å². The zero-order valence-corrected chi connectivity index (χ0v) is 22.4. The van der Waals surface area contributed by atoms with Crippen LogP contribution < -0.4 is 4.80 Å². The third-order valence-corrected chi connectivity index (χ3v) is 8.84. The van der Waals surface area contributed by atoms with Crippen molar-refractivity contribution < 1.29 is 22.7 Å². The summed E-state index contributed by atoms with van der Waals surface area (Å²) in [7, 11) is -1.95. The summed E-state index contributed by atoms with van der Waals surface area (Å²) < 4.78 is 35.4. The van der Waals surface area contributed by atoms with Gasteiger partial charge in [-0.05, 0) is 55.0 Å². The molecule has 3 aromatic carbocycles. The first-order chi connectivity index (χ1) is 17.7. The Morgan fingerprint density at radius 1 is 0.973 bits per heavy atom. The lowest BCUT2D eigenvalue weighted by Gasteiger charge is -2.20. The Hall–Kier alpha value is -3.60. The van der Waals surface area contributed by atoms with Crippen molar-refractivity contribution >= 4 is 43.5 Å². The number of nitrogens with zero attached hydrogens (tertiary/aromatic N) is 3. The van der Waals surface area contributed by atoms with E-state index in [1.54, 1.807) is 43.7 Å². The number of rotatable bonds is 8. The molecular weight excluding hydrogens is 510 g/mol. The SMILES string of the molecule is CCOC(=O)c1ccc2c(c1)sc(=NC(=O)c1ccc(S(=O)(=O)N(CC)Cc3ccccc3)cc1)n2C. The number of benzene rings is 3. The largest absolute Gasteiger partial charge is 0.462 e. The van der Waals surface area contributed by atoms with Gasteiger partial charge in [0.1, 0.15) is 0 Å². The molecule has 0 fully saturated rings. The molecule has 0 bridgehead atoms. The number of aryl methyl sites for hydroxylation is 1. The average Bonchev–Trinajstić information content (AvgIpc) is 3.22. The standard InChI is InChI=1S/C27H27N3O5S2/c1-4-30(18-19-9-7-6-8-10-19)37(33,34)22-14-11-20(12-15-22)25(31)28-27-29(3)23-16-13-21(17-24(23)36-27)26(32)35-5-2/h6-17H,4-5,18H2,1-3H3. The molecule has 0 unspecified atom stereocenters. The highest BCUT2D eigenvalue weighted by atomic mass is 32.2. The monoisotopic (exact) mass is 537 g/mol. The van der Waals surface area contributed by atoms with Gasteiger partial charge in [0.2, 0.25) is 10.0 Å². The van der Waals surface area contributed by atoms with E-state index in [1.165, 1.54) is 39.9 Å². The molecule has 0 saturated heterocycles. The van der Waals surface area contributed by atoms with Gasteiger partial charge in [-0.3, -0.25) is 4.79 Å². The topological polar surface area (TPSA) is 98.0 Å². The van der Waals surface area contributed by atoms with Crippen molar-refractivity contribution in [3.63, 3.8) is 0 Å². The van der Waals surface area contributed by atoms with Gasteiger partial charge in [0, 0.05) is 25.7 Å². The van der Waals surface area contributed by atoms with Gasteiger partial charge in [-0.1, -0.05) is 48.6 Å². The quantitative estimate of drug-likeness (QED) is 0.311. The van der Waals surface area contributed by atoms with Crippen molar-refractivity contribution in [2.24, 2.45) is 12.0 Å². The van der Waals surface area contributed by atoms with Crippen LogP contribution in [0.15, 0.2) is 82.7 Å². The fourth-order valence-corrected chi connectivity index (χ4v) is 6.30. The summed E-state index contributed by atoms with van der Waals surface area (Å²) in [6.45, 7) is 4.39. The molecule has 0 aliphatic carbocycles. The van der Waals surface area contributed by atoms with Crippen LogP contribution in [0.3, 0.4) is 0 Å². The van der Waals surface area contributed by atoms with Crippen molar-refractivity contribution in [3.05, 3.63) is 94.3 Å². The van der Waals surface area contributed by atoms with Crippen LogP contribution in [-0.4, -0.2) is 42.3 Å². The molecule has 1 aromatic heterocycles. The van der Waals surface area contributed by atoms with Gasteiger partial charge in [0.25, 0.3) is 5.91 Å². The van der Waals surface area contributed by atoms with Gasteiger partial charge in [-0.15, -0.1) is 0 Å². The molecule has 0 saturated carbocycles. The minimum Gasteiger partial charge on any atom is -0.462 e. The predicted octanol–water partition coefficient (Wildman–Crippen LogP) is 4.37. The van der Waals surface area contributed by atoms with E-state index in [2.05, 4.69) is 4.99 Å². The number of thiazole rings is 1. The number of sulfonamides is 1. The molecule has 0 atom stereocenters. The van der Waals surface area contributed by atoms with E-state index >= 15 is 0 Å². The summed E-state index contributed by atoms with van der Waals surface area (Å²) in [5, 5.41) is 0. The highest BCUT2D eigenvalue weighted by Gasteiger charge is 2.23. The zero-order chi connectivity index (χ0) is 26.6. The maximum absolute atomic E-state index is 13.2. The van der Waals surface area contributed by atoms with Gasteiger partial charge in [-0.25, -0.2) is 13.2 Å². The molecule has 0 radical (unpaired) electrons. The Labute approximate surface area is 219 Å². The molecule has 0 N–H and O–H groups in total. The lowest BCUT2D eigenvalue weighted by atomic mass is 10.2. The van der Waals surface area contributed by atoms with E-state index in [1.807, 2.05) is 30.3 Å². The summed E-state index contributed by atoms with van der Waals surface area (Å²) >= 11 is 1.28. The van der Waals surface area contributed by atoms with Gasteiger partial charge < -0.3 is 9.30 Å². The molecular formula is C27H27N3O5S2. The third-order valence-electron chi connectivity index (χ3n) is 5.81. The van der Waals surface area contributed by atoms with Gasteiger partial charge in [0.15, 0.2) is 4.80 Å². The van der Waals surface area contributed by atoms with Crippen LogP contribution in [0, 0.1) is 0 Å². The third kappa shape index (κ3) is 5.71. The number of amides is 1. The van der Waals surface area contributed by atoms with E-state index in [9.17, 15) is 18.0 Å². The number of hydrogen-bond donors (Lipinski definition) is 0. The first-order valence-electron chi connectivity index (χ1n) is 11.7. The van der Waals surface area contributed by atoms with E-state index in [0.717, 1.165) is 15.8 Å². The summed E-state index contributed by atoms with van der Waals surface area (Å²) in [5.41, 5.74) is 2.42. The van der Waals surface area contributed by atoms with Crippen molar-refractivity contribution in [2.45, 2.75) is 25.3 Å². The second kappa shape index (κ2) is 11.2. The maximum atomic E-state index is 13.2. The Morgan fingerprint density at radius 2 is 1.65 bits per heavy atom. The van der Waals surface area contributed by atoms with Gasteiger partial charge in [0.05, 0.1) is 27.3 Å². The number of carbonyl (C=O) groups is 2. The Kier molecular flexibility index (Phi) is 8.01. The van der Waals surface area contributed by atoms with Crippen LogP contribution in [0.2, 0.25) is 0 Å². The molecule has 0 aliphatic rings. The number of carbonyl (C=O) groups excluding carboxylic acids is 2. The van der Waals surface area contributed by atoms with E-state index < -0.39 is 21.9 Å². The zero-order valence-electron chi connectivity index (χ0n) is 20.7. The summed E-state index contributed by atoms with van der Waals surface area (Å²) in [6, 6.07) is 20.4. The van der Waals surface area contributed by atoms with Crippen LogP contribution >= 0.6 is 11.3 Å². The first kappa shape index (κ1) is 26.5. The van der Waals surface area contributed by atoms with Crippen LogP contribution in [0.25, 0.3) is 10.2 Å². The normalized spacial score (nSPS) is 12.3. The second-order valence-corrected chi connectivity index (χ2v) is 11.2. The molecule has 0 spiro atoms. The van der Waals surface area contributed by atoms with E-state index in [0.29, 0.717) is 16.9 Å². The fourth-order valence-electron chi connectivity index (χ4n) is 3.81. The van der Waals surface area contributed by atoms with Crippen molar-refractivity contribution in [1.29, 1.82) is 0 Å². The van der Waals surface area contributed by atoms with E-state index in [-0.39, 0.29) is 23.6 Å². The molecule has 8 nitrogen and oxygen atoms in total. The molecule has 1 amide bonds. The Balaban J connectivity index is 1.58. The molecule has 192 valence electrons. The Morgan fingerprint density at radius 3 is 2.30 bits per heavy atom. The predicted molar refractivity (Wildman–Crippen MR) is 143 cm³/mol. The molecule has 1 heterocycles. The summed E-state index contributed by atoms with van der Waals surface area (Å²) in [6.07, 6.45) is 0. The molecule has 10 heteroatoms. The lowest BCUT2D eigenvalue weighted by Crippen LogP contribution is -2.30. The molecule has 0 aliphatic heterocycles. The fraction of sp³-hybridized carbons (Fsp3) is 0.222. The first-order valence-corrected chi connectivity index (χ1v) is 14.0. The highest BCUT2D eigenvalue weighted by molar-refractivity contribution is 7.89. The number of ether oxygens (including phenoxy) is 1. The van der Waals surface area contributed by atoms with Gasteiger partial charge in [-0.2, -0.15) is 9.30 Å². The Bertz CT molecular complexity index is 1610. The number of fused-ring (bicyclic) bond motifs is 1. The van der Waals surface area contributed by atoms with Crippen molar-refractivity contribution in [1.82, 2.24) is 8.87 Å². The average molecular weight is 538 g/mol. The minimum absolute atomic E-state index is 0.112. The van der Waals surface area contributed by atoms with Crippen molar-refractivity contribution in [3.8, 4) is 0 Å². The number of aromatic nitrogens is 1.